The first-order valence-corrected chi connectivity index (χ1v) is 9.94. The minimum atomic E-state index is -0.168. The van der Waals surface area contributed by atoms with Crippen LogP contribution in [-0.2, 0) is 0 Å². The molecule has 150 valence electrons. The van der Waals surface area contributed by atoms with Gasteiger partial charge in [0.2, 0.25) is 0 Å². The molecule has 0 bridgehead atoms. The van der Waals surface area contributed by atoms with Crippen LogP contribution in [0.25, 0.3) is 10.9 Å². The van der Waals surface area contributed by atoms with Crippen molar-refractivity contribution in [3.63, 3.8) is 0 Å². The Morgan fingerprint density at radius 2 is 1.77 bits per heavy atom. The van der Waals surface area contributed by atoms with E-state index in [9.17, 15) is 4.79 Å². The first-order valence-electron chi connectivity index (χ1n) is 9.94. The van der Waals surface area contributed by atoms with E-state index in [1.54, 1.807) is 12.4 Å². The van der Waals surface area contributed by atoms with Crippen LogP contribution in [-0.4, -0.2) is 15.9 Å². The van der Waals surface area contributed by atoms with Gasteiger partial charge in [-0.1, -0.05) is 24.3 Å². The molecule has 30 heavy (non-hydrogen) atoms. The first kappa shape index (κ1) is 19.6. The van der Waals surface area contributed by atoms with E-state index in [0.717, 1.165) is 33.4 Å². The molecular weight excluding hydrogens is 372 g/mol. The SMILES string of the molecule is Cc1cncc(C(=O)Nc2cccc([C@H](C)Nc3cnc4cccc(C)c4c3)c2)c1. The second-order valence-electron chi connectivity index (χ2n) is 7.56. The lowest BCUT2D eigenvalue weighted by atomic mass is 10.1. The molecule has 0 fully saturated rings. The molecule has 2 N–H and O–H groups in total. The molecular formula is C25H24N4O. The number of anilines is 2. The van der Waals surface area contributed by atoms with Crippen molar-refractivity contribution in [1.82, 2.24) is 9.97 Å². The van der Waals surface area contributed by atoms with Gasteiger partial charge in [-0.2, -0.15) is 0 Å². The summed E-state index contributed by atoms with van der Waals surface area (Å²) in [4.78, 5) is 21.2. The van der Waals surface area contributed by atoms with Gasteiger partial charge in [-0.05, 0) is 67.8 Å². The zero-order valence-corrected chi connectivity index (χ0v) is 17.3. The van der Waals surface area contributed by atoms with Crippen LogP contribution in [0.1, 0.15) is 40.0 Å². The minimum Gasteiger partial charge on any atom is -0.377 e. The van der Waals surface area contributed by atoms with Crippen molar-refractivity contribution in [2.45, 2.75) is 26.8 Å². The Morgan fingerprint density at radius 3 is 2.60 bits per heavy atom. The monoisotopic (exact) mass is 396 g/mol. The van der Waals surface area contributed by atoms with E-state index in [4.69, 9.17) is 0 Å². The van der Waals surface area contributed by atoms with Gasteiger partial charge >= 0.3 is 0 Å². The van der Waals surface area contributed by atoms with E-state index in [-0.39, 0.29) is 11.9 Å². The lowest BCUT2D eigenvalue weighted by Crippen LogP contribution is -2.13. The highest BCUT2D eigenvalue weighted by Gasteiger charge is 2.10. The maximum Gasteiger partial charge on any atom is 0.257 e. The Morgan fingerprint density at radius 1 is 0.933 bits per heavy atom. The van der Waals surface area contributed by atoms with E-state index in [0.29, 0.717) is 5.56 Å². The normalized spacial score (nSPS) is 11.8. The number of hydrogen-bond acceptors (Lipinski definition) is 4. The molecule has 4 aromatic rings. The van der Waals surface area contributed by atoms with Gasteiger partial charge in [0.1, 0.15) is 0 Å². The number of nitrogens with one attached hydrogen (secondary N) is 2. The van der Waals surface area contributed by atoms with Crippen LogP contribution in [0.15, 0.2) is 73.2 Å². The highest BCUT2D eigenvalue weighted by atomic mass is 16.1. The average molecular weight is 396 g/mol. The molecule has 2 aromatic heterocycles. The van der Waals surface area contributed by atoms with Gasteiger partial charge in [0.05, 0.1) is 23.0 Å². The molecule has 0 aliphatic rings. The Labute approximate surface area is 176 Å². The lowest BCUT2D eigenvalue weighted by molar-refractivity contribution is 0.102. The van der Waals surface area contributed by atoms with Crippen molar-refractivity contribution in [3.05, 3.63) is 95.4 Å². The third-order valence-electron chi connectivity index (χ3n) is 5.11. The average Bonchev–Trinajstić information content (AvgIpc) is 2.74. The third kappa shape index (κ3) is 4.30. The molecule has 1 amide bonds. The summed E-state index contributed by atoms with van der Waals surface area (Å²) in [6, 6.07) is 18.0. The highest BCUT2D eigenvalue weighted by molar-refractivity contribution is 6.04. The number of amides is 1. The van der Waals surface area contributed by atoms with Crippen LogP contribution in [0.2, 0.25) is 0 Å². The number of hydrogen-bond donors (Lipinski definition) is 2. The molecule has 0 spiro atoms. The molecule has 2 heterocycles. The number of aromatic nitrogens is 2. The molecule has 0 unspecified atom stereocenters. The fourth-order valence-corrected chi connectivity index (χ4v) is 3.48. The second-order valence-corrected chi connectivity index (χ2v) is 7.56. The summed E-state index contributed by atoms with van der Waals surface area (Å²) < 4.78 is 0. The summed E-state index contributed by atoms with van der Waals surface area (Å²) >= 11 is 0. The predicted octanol–water partition coefficient (Wildman–Crippen LogP) is 5.67. The molecule has 0 saturated carbocycles. The van der Waals surface area contributed by atoms with Gasteiger partial charge in [0.15, 0.2) is 0 Å². The van der Waals surface area contributed by atoms with Gasteiger partial charge in [-0.25, -0.2) is 0 Å². The van der Waals surface area contributed by atoms with Crippen molar-refractivity contribution in [1.29, 1.82) is 0 Å². The zero-order valence-electron chi connectivity index (χ0n) is 17.3. The number of nitrogens with zero attached hydrogens (tertiary/aromatic N) is 2. The molecule has 0 radical (unpaired) electrons. The van der Waals surface area contributed by atoms with Gasteiger partial charge in [0.25, 0.3) is 5.91 Å². The van der Waals surface area contributed by atoms with E-state index < -0.39 is 0 Å². The zero-order chi connectivity index (χ0) is 21.1. The second kappa shape index (κ2) is 8.33. The van der Waals surface area contributed by atoms with Crippen LogP contribution in [0, 0.1) is 13.8 Å². The topological polar surface area (TPSA) is 66.9 Å². The number of aryl methyl sites for hydroxylation is 2. The van der Waals surface area contributed by atoms with E-state index in [1.807, 2.05) is 55.6 Å². The number of carbonyl (C=O) groups excluding carboxylic acids is 1. The Bertz CT molecular complexity index is 1220. The fraction of sp³-hybridized carbons (Fsp3) is 0.160. The predicted molar refractivity (Wildman–Crippen MR) is 122 cm³/mol. The summed E-state index contributed by atoms with van der Waals surface area (Å²) in [6.45, 7) is 6.10. The molecule has 0 saturated heterocycles. The fourth-order valence-electron chi connectivity index (χ4n) is 3.48. The Kier molecular flexibility index (Phi) is 5.44. The highest BCUT2D eigenvalue weighted by Crippen LogP contribution is 2.25. The van der Waals surface area contributed by atoms with Gasteiger partial charge in [-0.15, -0.1) is 0 Å². The van der Waals surface area contributed by atoms with E-state index in [2.05, 4.69) is 46.6 Å². The molecule has 0 aliphatic carbocycles. The van der Waals surface area contributed by atoms with Crippen molar-refractivity contribution >= 4 is 28.2 Å². The Balaban J connectivity index is 1.50. The summed E-state index contributed by atoms with van der Waals surface area (Å²) in [5.41, 5.74) is 6.47. The summed E-state index contributed by atoms with van der Waals surface area (Å²) in [6.07, 6.45) is 5.16. The number of benzene rings is 2. The quantitative estimate of drug-likeness (QED) is 0.456. The number of fused-ring (bicyclic) bond motifs is 1. The number of rotatable bonds is 5. The van der Waals surface area contributed by atoms with E-state index in [1.165, 1.54) is 5.56 Å². The summed E-state index contributed by atoms with van der Waals surface area (Å²) in [5, 5.41) is 7.61. The molecule has 0 aliphatic heterocycles. The third-order valence-corrected chi connectivity index (χ3v) is 5.11. The molecule has 5 nitrogen and oxygen atoms in total. The largest absolute Gasteiger partial charge is 0.377 e. The first-order chi connectivity index (χ1) is 14.5. The van der Waals surface area contributed by atoms with Crippen LogP contribution in [0.4, 0.5) is 11.4 Å². The lowest BCUT2D eigenvalue weighted by Gasteiger charge is -2.17. The van der Waals surface area contributed by atoms with Gasteiger partial charge in [0, 0.05) is 29.5 Å². The smallest absolute Gasteiger partial charge is 0.257 e. The van der Waals surface area contributed by atoms with E-state index >= 15 is 0 Å². The Hall–Kier alpha value is -3.73. The number of pyridine rings is 2. The van der Waals surface area contributed by atoms with Crippen LogP contribution in [0.5, 0.6) is 0 Å². The van der Waals surface area contributed by atoms with Crippen LogP contribution >= 0.6 is 0 Å². The molecule has 2 aromatic carbocycles. The van der Waals surface area contributed by atoms with Crippen molar-refractivity contribution in [2.75, 3.05) is 10.6 Å². The van der Waals surface area contributed by atoms with Gasteiger partial charge in [-0.3, -0.25) is 14.8 Å². The summed E-state index contributed by atoms with van der Waals surface area (Å²) in [7, 11) is 0. The summed E-state index contributed by atoms with van der Waals surface area (Å²) in [5.74, 6) is -0.168. The van der Waals surface area contributed by atoms with Crippen molar-refractivity contribution < 1.29 is 4.79 Å². The molecule has 1 atom stereocenters. The van der Waals surface area contributed by atoms with Crippen LogP contribution in [0.3, 0.4) is 0 Å². The molecule has 4 rings (SSSR count). The molecule has 5 heteroatoms. The van der Waals surface area contributed by atoms with Crippen molar-refractivity contribution in [3.8, 4) is 0 Å². The standard InChI is InChI=1S/C25H24N4O/c1-16-10-20(14-26-13-16)25(30)29-21-8-5-7-19(11-21)18(3)28-22-12-23-17(2)6-4-9-24(23)27-15-22/h4-15,18,28H,1-3H3,(H,29,30)/t18-/m0/s1. The number of carbonyl (C=O) groups is 1. The maximum atomic E-state index is 12.5. The van der Waals surface area contributed by atoms with Crippen LogP contribution < -0.4 is 10.6 Å². The van der Waals surface area contributed by atoms with Gasteiger partial charge < -0.3 is 10.6 Å². The maximum absolute atomic E-state index is 12.5. The minimum absolute atomic E-state index is 0.0470. The van der Waals surface area contributed by atoms with Crippen molar-refractivity contribution in [2.24, 2.45) is 0 Å².